The lowest BCUT2D eigenvalue weighted by atomic mass is 10.0. The highest BCUT2D eigenvalue weighted by atomic mass is 32.1. The minimum atomic E-state index is -0.248. The Hall–Kier alpha value is -3.51. The summed E-state index contributed by atoms with van der Waals surface area (Å²) in [6.45, 7) is 2.03. The number of nitrogens with zero attached hydrogens (tertiary/aromatic N) is 2. The van der Waals surface area contributed by atoms with Crippen LogP contribution < -0.4 is 10.6 Å². The van der Waals surface area contributed by atoms with E-state index in [1.807, 2.05) is 61.5 Å². The minimum absolute atomic E-state index is 0.133. The van der Waals surface area contributed by atoms with Crippen LogP contribution in [0.1, 0.15) is 32.5 Å². The molecular weight excluding hydrogens is 380 g/mol. The van der Waals surface area contributed by atoms with E-state index in [4.69, 9.17) is 0 Å². The quantitative estimate of drug-likeness (QED) is 0.461. The van der Waals surface area contributed by atoms with Gasteiger partial charge in [0.2, 0.25) is 0 Å². The number of aryl methyl sites for hydroxylation is 1. The topological polar surface area (TPSA) is 66.9 Å². The van der Waals surface area contributed by atoms with Gasteiger partial charge < -0.3 is 10.6 Å². The number of hydrogen-bond donors (Lipinski definition) is 2. The number of amides is 1. The van der Waals surface area contributed by atoms with Gasteiger partial charge in [-0.1, -0.05) is 30.3 Å². The molecule has 0 bridgehead atoms. The predicted octanol–water partition coefficient (Wildman–Crippen LogP) is 5.30. The lowest BCUT2D eigenvalue weighted by Gasteiger charge is -2.20. The standard InChI is InChI=1S/C23H20N4OS/c1-16-15-18(23(29-16)27-22(28)17-9-3-2-4-10-17)21(19-11-5-7-13-24-19)26-20-12-6-8-14-25-20/h2-15,21H,1H3,(H,25,26)(H,27,28). The Labute approximate surface area is 173 Å². The second-order valence-electron chi connectivity index (χ2n) is 6.51. The molecule has 3 aromatic heterocycles. The third-order valence-corrected chi connectivity index (χ3v) is 5.38. The SMILES string of the molecule is Cc1cc(C(Nc2ccccn2)c2ccccn2)c(NC(=O)c2ccccc2)s1. The van der Waals surface area contributed by atoms with Crippen molar-refractivity contribution < 1.29 is 4.79 Å². The Morgan fingerprint density at radius 1 is 0.931 bits per heavy atom. The van der Waals surface area contributed by atoms with E-state index in [0.29, 0.717) is 5.56 Å². The summed E-state index contributed by atoms with van der Waals surface area (Å²) in [6.07, 6.45) is 3.51. The first kappa shape index (κ1) is 18.8. The molecule has 1 unspecified atom stereocenters. The van der Waals surface area contributed by atoms with Crippen molar-refractivity contribution in [3.8, 4) is 0 Å². The number of thiophene rings is 1. The number of carbonyl (C=O) groups is 1. The Balaban J connectivity index is 1.70. The third kappa shape index (κ3) is 4.50. The maximum Gasteiger partial charge on any atom is 0.256 e. The Bertz CT molecular complexity index is 1080. The fourth-order valence-corrected chi connectivity index (χ4v) is 4.01. The van der Waals surface area contributed by atoms with E-state index in [0.717, 1.165) is 27.0 Å². The molecule has 0 saturated heterocycles. The average molecular weight is 401 g/mol. The maximum absolute atomic E-state index is 12.7. The van der Waals surface area contributed by atoms with Crippen molar-refractivity contribution in [3.63, 3.8) is 0 Å². The van der Waals surface area contributed by atoms with Crippen LogP contribution in [0.25, 0.3) is 0 Å². The number of aromatic nitrogens is 2. The summed E-state index contributed by atoms with van der Waals surface area (Å²) in [6, 6.07) is 22.6. The molecule has 6 heteroatoms. The molecule has 0 fully saturated rings. The first-order valence-corrected chi connectivity index (χ1v) is 10.1. The number of hydrogen-bond acceptors (Lipinski definition) is 5. The van der Waals surface area contributed by atoms with Gasteiger partial charge >= 0.3 is 0 Å². The zero-order valence-electron chi connectivity index (χ0n) is 15.9. The molecule has 1 amide bonds. The third-order valence-electron chi connectivity index (χ3n) is 4.40. The molecule has 5 nitrogen and oxygen atoms in total. The number of nitrogens with one attached hydrogen (secondary N) is 2. The van der Waals surface area contributed by atoms with E-state index in [1.54, 1.807) is 35.9 Å². The van der Waals surface area contributed by atoms with Crippen molar-refractivity contribution in [3.05, 3.63) is 107 Å². The summed E-state index contributed by atoms with van der Waals surface area (Å²) < 4.78 is 0. The fraction of sp³-hybridized carbons (Fsp3) is 0.0870. The second kappa shape index (κ2) is 8.67. The highest BCUT2D eigenvalue weighted by Gasteiger charge is 2.23. The molecular formula is C23H20N4OS. The van der Waals surface area contributed by atoms with Crippen LogP contribution in [0.2, 0.25) is 0 Å². The molecule has 4 rings (SSSR count). The lowest BCUT2D eigenvalue weighted by molar-refractivity contribution is 0.102. The highest BCUT2D eigenvalue weighted by molar-refractivity contribution is 7.16. The zero-order chi connectivity index (χ0) is 20.1. The first-order chi connectivity index (χ1) is 14.2. The van der Waals surface area contributed by atoms with Gasteiger partial charge in [0.1, 0.15) is 10.8 Å². The van der Waals surface area contributed by atoms with Gasteiger partial charge in [0.15, 0.2) is 0 Å². The van der Waals surface area contributed by atoms with Crippen LogP contribution in [0.5, 0.6) is 0 Å². The van der Waals surface area contributed by atoms with Crippen LogP contribution in [0.15, 0.2) is 85.2 Å². The van der Waals surface area contributed by atoms with E-state index in [-0.39, 0.29) is 11.9 Å². The van der Waals surface area contributed by atoms with Gasteiger partial charge in [0.05, 0.1) is 11.7 Å². The Morgan fingerprint density at radius 3 is 2.34 bits per heavy atom. The second-order valence-corrected chi connectivity index (χ2v) is 7.76. The van der Waals surface area contributed by atoms with E-state index in [2.05, 4.69) is 26.7 Å². The monoisotopic (exact) mass is 400 g/mol. The molecule has 0 radical (unpaired) electrons. The molecule has 1 aromatic carbocycles. The van der Waals surface area contributed by atoms with Crippen LogP contribution in [-0.4, -0.2) is 15.9 Å². The van der Waals surface area contributed by atoms with Crippen molar-refractivity contribution in [2.24, 2.45) is 0 Å². The van der Waals surface area contributed by atoms with Crippen molar-refractivity contribution in [1.82, 2.24) is 9.97 Å². The van der Waals surface area contributed by atoms with Gasteiger partial charge in [0.25, 0.3) is 5.91 Å². The zero-order valence-corrected chi connectivity index (χ0v) is 16.7. The summed E-state index contributed by atoms with van der Waals surface area (Å²) in [5.74, 6) is 0.610. The van der Waals surface area contributed by atoms with Gasteiger partial charge in [-0.05, 0) is 49.4 Å². The van der Waals surface area contributed by atoms with Crippen molar-refractivity contribution in [1.29, 1.82) is 0 Å². The van der Waals surface area contributed by atoms with Crippen molar-refractivity contribution >= 4 is 28.1 Å². The van der Waals surface area contributed by atoms with E-state index >= 15 is 0 Å². The fourth-order valence-electron chi connectivity index (χ4n) is 3.06. The first-order valence-electron chi connectivity index (χ1n) is 9.26. The molecule has 0 aliphatic heterocycles. The van der Waals surface area contributed by atoms with Crippen LogP contribution in [0, 0.1) is 6.92 Å². The smallest absolute Gasteiger partial charge is 0.256 e. The van der Waals surface area contributed by atoms with Gasteiger partial charge in [-0.15, -0.1) is 11.3 Å². The van der Waals surface area contributed by atoms with Crippen molar-refractivity contribution in [2.75, 3.05) is 10.6 Å². The summed E-state index contributed by atoms with van der Waals surface area (Å²) in [5, 5.41) is 7.34. The average Bonchev–Trinajstić information content (AvgIpc) is 3.13. The van der Waals surface area contributed by atoms with Gasteiger partial charge in [-0.25, -0.2) is 4.98 Å². The summed E-state index contributed by atoms with van der Waals surface area (Å²) in [7, 11) is 0. The van der Waals surface area contributed by atoms with Crippen LogP contribution in [-0.2, 0) is 0 Å². The molecule has 0 aliphatic carbocycles. The molecule has 0 aliphatic rings. The Morgan fingerprint density at radius 2 is 1.66 bits per heavy atom. The van der Waals surface area contributed by atoms with Gasteiger partial charge in [-0.3, -0.25) is 9.78 Å². The summed E-state index contributed by atoms with van der Waals surface area (Å²) in [5.41, 5.74) is 2.43. The summed E-state index contributed by atoms with van der Waals surface area (Å²) in [4.78, 5) is 22.8. The van der Waals surface area contributed by atoms with Gasteiger partial charge in [0, 0.05) is 28.4 Å². The van der Waals surface area contributed by atoms with Gasteiger partial charge in [-0.2, -0.15) is 0 Å². The van der Waals surface area contributed by atoms with E-state index < -0.39 is 0 Å². The van der Waals surface area contributed by atoms with Crippen LogP contribution >= 0.6 is 11.3 Å². The van der Waals surface area contributed by atoms with Crippen molar-refractivity contribution in [2.45, 2.75) is 13.0 Å². The lowest BCUT2D eigenvalue weighted by Crippen LogP contribution is -2.17. The largest absolute Gasteiger partial charge is 0.357 e. The molecule has 29 heavy (non-hydrogen) atoms. The highest BCUT2D eigenvalue weighted by Crippen LogP contribution is 2.36. The molecule has 1 atom stereocenters. The van der Waals surface area contributed by atoms with Crippen LogP contribution in [0.4, 0.5) is 10.8 Å². The maximum atomic E-state index is 12.7. The molecule has 144 valence electrons. The van der Waals surface area contributed by atoms with Crippen LogP contribution in [0.3, 0.4) is 0 Å². The Kier molecular flexibility index (Phi) is 5.63. The van der Waals surface area contributed by atoms with E-state index in [1.165, 1.54) is 0 Å². The predicted molar refractivity (Wildman–Crippen MR) is 117 cm³/mol. The molecule has 4 aromatic rings. The normalized spacial score (nSPS) is 11.6. The molecule has 0 saturated carbocycles. The number of rotatable bonds is 6. The number of benzene rings is 1. The number of carbonyl (C=O) groups excluding carboxylic acids is 1. The van der Waals surface area contributed by atoms with E-state index in [9.17, 15) is 4.79 Å². The molecule has 2 N–H and O–H groups in total. The minimum Gasteiger partial charge on any atom is -0.357 e. The summed E-state index contributed by atoms with van der Waals surface area (Å²) >= 11 is 1.55. The number of anilines is 2. The molecule has 3 heterocycles. The molecule has 0 spiro atoms. The number of pyridine rings is 2.